The number of benzene rings is 1. The number of guanidine groups is 1. The number of rotatable bonds is 3. The van der Waals surface area contributed by atoms with Crippen LogP contribution in [0.25, 0.3) is 0 Å². The van der Waals surface area contributed by atoms with E-state index >= 15 is 0 Å². The SMILES string of the molecule is CC1CCCCC1N/C(=N/C(=O)c1ccc(C(F)(F)F)cc1)Nc1cccc(O)n1. The van der Waals surface area contributed by atoms with E-state index in [1.807, 2.05) is 0 Å². The van der Waals surface area contributed by atoms with Gasteiger partial charge in [0.05, 0.1) is 5.56 Å². The molecule has 1 aliphatic carbocycles. The van der Waals surface area contributed by atoms with Crippen LogP contribution >= 0.6 is 0 Å². The van der Waals surface area contributed by atoms with Crippen molar-refractivity contribution in [2.24, 2.45) is 10.9 Å². The van der Waals surface area contributed by atoms with Gasteiger partial charge in [-0.3, -0.25) is 4.79 Å². The predicted octanol–water partition coefficient (Wildman–Crippen LogP) is 4.58. The second-order valence-corrected chi connectivity index (χ2v) is 7.36. The smallest absolute Gasteiger partial charge is 0.416 e. The number of nitrogens with zero attached hydrogens (tertiary/aromatic N) is 2. The average Bonchev–Trinajstić information content (AvgIpc) is 2.69. The molecule has 1 aliphatic rings. The van der Waals surface area contributed by atoms with Crippen molar-refractivity contribution in [3.05, 3.63) is 53.6 Å². The molecule has 0 aliphatic heterocycles. The van der Waals surface area contributed by atoms with Crippen molar-refractivity contribution < 1.29 is 23.1 Å². The summed E-state index contributed by atoms with van der Waals surface area (Å²) in [5, 5.41) is 15.7. The van der Waals surface area contributed by atoms with Crippen LogP contribution in [0.4, 0.5) is 19.0 Å². The summed E-state index contributed by atoms with van der Waals surface area (Å²) in [4.78, 5) is 20.6. The van der Waals surface area contributed by atoms with E-state index in [-0.39, 0.29) is 29.3 Å². The number of amides is 1. The Morgan fingerprint density at radius 1 is 1.13 bits per heavy atom. The lowest BCUT2D eigenvalue weighted by Crippen LogP contribution is -2.44. The van der Waals surface area contributed by atoms with Crippen LogP contribution in [-0.4, -0.2) is 28.0 Å². The number of aromatic nitrogens is 1. The first-order valence-electron chi connectivity index (χ1n) is 9.72. The molecule has 1 fully saturated rings. The van der Waals surface area contributed by atoms with Gasteiger partial charge in [-0.2, -0.15) is 23.1 Å². The van der Waals surface area contributed by atoms with E-state index < -0.39 is 17.6 Å². The second kappa shape index (κ2) is 9.15. The molecular weight excluding hydrogens is 397 g/mol. The summed E-state index contributed by atoms with van der Waals surface area (Å²) in [6.07, 6.45) is -0.340. The summed E-state index contributed by atoms with van der Waals surface area (Å²) in [6.45, 7) is 2.11. The molecule has 1 aromatic heterocycles. The molecule has 3 rings (SSSR count). The number of hydrogen-bond acceptors (Lipinski definition) is 3. The van der Waals surface area contributed by atoms with Gasteiger partial charge in [0.15, 0.2) is 0 Å². The van der Waals surface area contributed by atoms with Crippen LogP contribution in [0.1, 0.15) is 48.5 Å². The molecule has 0 radical (unpaired) electrons. The summed E-state index contributed by atoms with van der Waals surface area (Å²) in [7, 11) is 0. The molecule has 1 saturated carbocycles. The van der Waals surface area contributed by atoms with Crippen molar-refractivity contribution in [1.29, 1.82) is 0 Å². The largest absolute Gasteiger partial charge is 0.493 e. The number of halogens is 3. The van der Waals surface area contributed by atoms with Crippen LogP contribution in [0.2, 0.25) is 0 Å². The zero-order valence-electron chi connectivity index (χ0n) is 16.4. The van der Waals surface area contributed by atoms with Crippen LogP contribution < -0.4 is 10.6 Å². The van der Waals surface area contributed by atoms with Gasteiger partial charge in [0, 0.05) is 17.7 Å². The minimum absolute atomic E-state index is 0.0321. The first kappa shape index (κ1) is 21.6. The topological polar surface area (TPSA) is 86.6 Å². The third kappa shape index (κ3) is 5.71. The zero-order valence-corrected chi connectivity index (χ0v) is 16.4. The molecule has 1 heterocycles. The highest BCUT2D eigenvalue weighted by molar-refractivity contribution is 6.06. The summed E-state index contributed by atoms with van der Waals surface area (Å²) in [5.74, 6) is -0.104. The number of carbonyl (C=O) groups is 1. The van der Waals surface area contributed by atoms with Gasteiger partial charge >= 0.3 is 6.18 Å². The predicted molar refractivity (Wildman–Crippen MR) is 107 cm³/mol. The lowest BCUT2D eigenvalue weighted by molar-refractivity contribution is -0.137. The fourth-order valence-electron chi connectivity index (χ4n) is 3.38. The van der Waals surface area contributed by atoms with E-state index in [9.17, 15) is 23.1 Å². The van der Waals surface area contributed by atoms with E-state index in [2.05, 4.69) is 27.5 Å². The van der Waals surface area contributed by atoms with Gasteiger partial charge < -0.3 is 15.7 Å². The molecule has 6 nitrogen and oxygen atoms in total. The molecule has 30 heavy (non-hydrogen) atoms. The highest BCUT2D eigenvalue weighted by Crippen LogP contribution is 2.29. The van der Waals surface area contributed by atoms with E-state index in [1.165, 1.54) is 6.07 Å². The van der Waals surface area contributed by atoms with Gasteiger partial charge in [0.1, 0.15) is 5.82 Å². The molecule has 0 bridgehead atoms. The van der Waals surface area contributed by atoms with Crippen LogP contribution in [0, 0.1) is 5.92 Å². The van der Waals surface area contributed by atoms with Crippen molar-refractivity contribution in [3.8, 4) is 5.88 Å². The first-order valence-corrected chi connectivity index (χ1v) is 9.72. The van der Waals surface area contributed by atoms with Gasteiger partial charge in [-0.15, -0.1) is 0 Å². The Balaban J connectivity index is 1.83. The molecular formula is C21H23F3N4O2. The lowest BCUT2D eigenvalue weighted by Gasteiger charge is -2.30. The van der Waals surface area contributed by atoms with Crippen LogP contribution in [0.15, 0.2) is 47.5 Å². The van der Waals surface area contributed by atoms with Crippen molar-refractivity contribution >= 4 is 17.7 Å². The Bertz CT molecular complexity index is 913. The molecule has 0 saturated heterocycles. The van der Waals surface area contributed by atoms with E-state index in [0.29, 0.717) is 5.92 Å². The number of alkyl halides is 3. The van der Waals surface area contributed by atoms with Gasteiger partial charge in [-0.05, 0) is 49.1 Å². The van der Waals surface area contributed by atoms with E-state index in [4.69, 9.17) is 0 Å². The van der Waals surface area contributed by atoms with Crippen molar-refractivity contribution in [3.63, 3.8) is 0 Å². The van der Waals surface area contributed by atoms with Crippen LogP contribution in [0.3, 0.4) is 0 Å². The molecule has 2 aromatic rings. The summed E-state index contributed by atoms with van der Waals surface area (Å²) < 4.78 is 38.2. The highest BCUT2D eigenvalue weighted by Gasteiger charge is 2.30. The van der Waals surface area contributed by atoms with Gasteiger partial charge in [0.2, 0.25) is 11.8 Å². The number of pyridine rings is 1. The Labute approximate surface area is 172 Å². The van der Waals surface area contributed by atoms with Crippen molar-refractivity contribution in [2.75, 3.05) is 5.32 Å². The minimum atomic E-state index is -4.47. The van der Waals surface area contributed by atoms with E-state index in [0.717, 1.165) is 49.9 Å². The zero-order chi connectivity index (χ0) is 21.7. The fourth-order valence-corrected chi connectivity index (χ4v) is 3.38. The number of aliphatic imine (C=N–C) groups is 1. The average molecular weight is 420 g/mol. The summed E-state index contributed by atoms with van der Waals surface area (Å²) >= 11 is 0. The number of hydrogen-bond donors (Lipinski definition) is 3. The van der Waals surface area contributed by atoms with Gasteiger partial charge in [-0.25, -0.2) is 0 Å². The van der Waals surface area contributed by atoms with E-state index in [1.54, 1.807) is 12.1 Å². The summed E-state index contributed by atoms with van der Waals surface area (Å²) in [6, 6.07) is 8.58. The maximum atomic E-state index is 12.7. The molecule has 2 unspecified atom stereocenters. The number of nitrogens with one attached hydrogen (secondary N) is 2. The number of aromatic hydroxyl groups is 1. The first-order chi connectivity index (χ1) is 14.2. The standard InChI is InChI=1S/C21H23F3N4O2/c1-13-5-2-3-6-16(13)25-20(27-17-7-4-8-18(29)26-17)28-19(30)14-9-11-15(12-10-14)21(22,23)24/h4,7-13,16H,2-3,5-6H2,1H3,(H3,25,26,27,28,29,30). The number of anilines is 1. The lowest BCUT2D eigenvalue weighted by atomic mass is 9.86. The Morgan fingerprint density at radius 3 is 2.47 bits per heavy atom. The third-order valence-corrected chi connectivity index (χ3v) is 5.09. The Kier molecular flexibility index (Phi) is 6.59. The second-order valence-electron chi connectivity index (χ2n) is 7.36. The maximum Gasteiger partial charge on any atom is 0.416 e. The molecule has 0 spiro atoms. The Hall–Kier alpha value is -3.10. The Morgan fingerprint density at radius 2 is 1.83 bits per heavy atom. The van der Waals surface area contributed by atoms with Crippen LogP contribution in [-0.2, 0) is 6.18 Å². The van der Waals surface area contributed by atoms with Crippen molar-refractivity contribution in [1.82, 2.24) is 10.3 Å². The van der Waals surface area contributed by atoms with Gasteiger partial charge in [0.25, 0.3) is 5.91 Å². The molecule has 3 N–H and O–H groups in total. The maximum absolute atomic E-state index is 12.7. The fraction of sp³-hybridized carbons (Fsp3) is 0.381. The third-order valence-electron chi connectivity index (χ3n) is 5.09. The molecule has 2 atom stereocenters. The molecule has 9 heteroatoms. The normalized spacial score (nSPS) is 19.9. The van der Waals surface area contributed by atoms with Gasteiger partial charge in [-0.1, -0.05) is 25.8 Å². The monoisotopic (exact) mass is 420 g/mol. The van der Waals surface area contributed by atoms with Crippen LogP contribution in [0.5, 0.6) is 5.88 Å². The molecule has 1 aromatic carbocycles. The highest BCUT2D eigenvalue weighted by atomic mass is 19.4. The van der Waals surface area contributed by atoms with Crippen molar-refractivity contribution in [2.45, 2.75) is 44.8 Å². The molecule has 160 valence electrons. The molecule has 1 amide bonds. The minimum Gasteiger partial charge on any atom is -0.493 e. The quantitative estimate of drug-likeness (QED) is 0.500. The summed E-state index contributed by atoms with van der Waals surface area (Å²) in [5.41, 5.74) is -0.802. The number of carbonyl (C=O) groups excluding carboxylic acids is 1.